The first-order chi connectivity index (χ1) is 16.2. The molecule has 0 unspecified atom stereocenters. The van der Waals surface area contributed by atoms with Gasteiger partial charge in [0.25, 0.3) is 5.91 Å². The molecule has 0 aromatic heterocycles. The van der Waals surface area contributed by atoms with E-state index in [0.29, 0.717) is 17.2 Å². The molecule has 3 aromatic carbocycles. The number of hydrogen-bond donors (Lipinski definition) is 2. The molecule has 3 rings (SSSR count). The van der Waals surface area contributed by atoms with Crippen LogP contribution in [0.3, 0.4) is 0 Å². The molecule has 2 N–H and O–H groups in total. The average molecular weight is 505 g/mol. The number of amides is 1. The van der Waals surface area contributed by atoms with Gasteiger partial charge in [0.15, 0.2) is 6.61 Å². The Morgan fingerprint density at radius 2 is 1.68 bits per heavy atom. The molecule has 0 saturated heterocycles. The number of sulfonamides is 1. The first-order valence-corrected chi connectivity index (χ1v) is 12.1. The van der Waals surface area contributed by atoms with Crippen molar-refractivity contribution < 1.29 is 27.4 Å². The quantitative estimate of drug-likeness (QED) is 0.424. The molecule has 0 radical (unpaired) electrons. The summed E-state index contributed by atoms with van der Waals surface area (Å²) in [6, 6.07) is 17.8. The lowest BCUT2D eigenvalue weighted by atomic mass is 10.1. The lowest BCUT2D eigenvalue weighted by Crippen LogP contribution is -2.27. The minimum absolute atomic E-state index is 0.0156. The van der Waals surface area contributed by atoms with Gasteiger partial charge in [-0.15, -0.1) is 0 Å². The van der Waals surface area contributed by atoms with Crippen LogP contribution in [0.15, 0.2) is 71.6 Å². The number of carbonyl (C=O) groups is 1. The van der Waals surface area contributed by atoms with Crippen LogP contribution in [0.1, 0.15) is 18.5 Å². The Balaban J connectivity index is 1.64. The Kier molecular flexibility index (Phi) is 8.38. The Labute approximate surface area is 203 Å². The van der Waals surface area contributed by atoms with E-state index >= 15 is 0 Å². The molecule has 0 bridgehead atoms. The number of benzene rings is 3. The van der Waals surface area contributed by atoms with Crippen LogP contribution < -0.4 is 24.2 Å². The van der Waals surface area contributed by atoms with Crippen LogP contribution in [0.25, 0.3) is 0 Å². The fourth-order valence-electron chi connectivity index (χ4n) is 3.12. The summed E-state index contributed by atoms with van der Waals surface area (Å²) in [6.07, 6.45) is 0. The largest absolute Gasteiger partial charge is 0.497 e. The summed E-state index contributed by atoms with van der Waals surface area (Å²) in [4.78, 5) is 12.4. The maximum absolute atomic E-state index is 12.8. The number of carbonyl (C=O) groups excluding carboxylic acids is 1. The lowest BCUT2D eigenvalue weighted by Gasteiger charge is -2.16. The number of rotatable bonds is 10. The molecule has 1 amide bonds. The topological polar surface area (TPSA) is 103 Å². The van der Waals surface area contributed by atoms with Crippen LogP contribution in [0.5, 0.6) is 17.2 Å². The minimum Gasteiger partial charge on any atom is -0.497 e. The summed E-state index contributed by atoms with van der Waals surface area (Å²) in [7, 11) is -0.829. The third kappa shape index (κ3) is 6.40. The van der Waals surface area contributed by atoms with Crippen LogP contribution in [0.2, 0.25) is 5.02 Å². The average Bonchev–Trinajstić information content (AvgIpc) is 2.83. The van der Waals surface area contributed by atoms with E-state index in [1.165, 1.54) is 32.4 Å². The van der Waals surface area contributed by atoms with Crippen LogP contribution in [-0.4, -0.2) is 35.2 Å². The molecule has 8 nitrogen and oxygen atoms in total. The smallest absolute Gasteiger partial charge is 0.262 e. The molecule has 180 valence electrons. The number of nitrogens with one attached hydrogen (secondary N) is 2. The number of halogens is 1. The molecular formula is C24H25ClN2O6S. The van der Waals surface area contributed by atoms with Crippen molar-refractivity contribution >= 4 is 33.2 Å². The van der Waals surface area contributed by atoms with Crippen LogP contribution >= 0.6 is 11.6 Å². The van der Waals surface area contributed by atoms with Crippen LogP contribution in [0.4, 0.5) is 5.69 Å². The molecule has 0 fully saturated rings. The van der Waals surface area contributed by atoms with E-state index in [1.807, 2.05) is 30.3 Å². The molecule has 0 spiro atoms. The predicted molar refractivity (Wildman–Crippen MR) is 130 cm³/mol. The van der Waals surface area contributed by atoms with Crippen molar-refractivity contribution in [2.24, 2.45) is 0 Å². The molecule has 0 aliphatic rings. The van der Waals surface area contributed by atoms with E-state index in [2.05, 4.69) is 10.0 Å². The number of ether oxygens (including phenoxy) is 3. The fourth-order valence-corrected chi connectivity index (χ4v) is 4.68. The zero-order valence-corrected chi connectivity index (χ0v) is 20.4. The van der Waals surface area contributed by atoms with E-state index in [1.54, 1.807) is 25.1 Å². The van der Waals surface area contributed by atoms with Crippen LogP contribution in [0, 0.1) is 0 Å². The Morgan fingerprint density at radius 1 is 0.971 bits per heavy atom. The molecule has 0 saturated carbocycles. The highest BCUT2D eigenvalue weighted by Gasteiger charge is 2.20. The first-order valence-electron chi connectivity index (χ1n) is 10.2. The van der Waals surface area contributed by atoms with Crippen molar-refractivity contribution in [1.29, 1.82) is 0 Å². The van der Waals surface area contributed by atoms with Gasteiger partial charge >= 0.3 is 0 Å². The fraction of sp³-hybridized carbons (Fsp3) is 0.208. The zero-order valence-electron chi connectivity index (χ0n) is 18.9. The maximum atomic E-state index is 12.8. The standard InChI is InChI=1S/C24H25ClN2O6S/c1-16(17-7-5-4-6-8-17)27-34(29,30)19-10-12-22(20(25)14-19)33-15-24(28)26-21-13-18(31-2)9-11-23(21)32-3/h4-14,16,27H,15H2,1-3H3,(H,26,28)/t16-/m0/s1. The Hall–Kier alpha value is -3.27. The van der Waals surface area contributed by atoms with Crippen molar-refractivity contribution in [2.75, 3.05) is 26.1 Å². The Bertz CT molecular complexity index is 1250. The van der Waals surface area contributed by atoms with Crippen LogP contribution in [-0.2, 0) is 14.8 Å². The summed E-state index contributed by atoms with van der Waals surface area (Å²) < 4.78 is 44.0. The van der Waals surface area contributed by atoms with E-state index < -0.39 is 22.0 Å². The van der Waals surface area contributed by atoms with Gasteiger partial charge in [0.2, 0.25) is 10.0 Å². The Morgan fingerprint density at radius 3 is 2.32 bits per heavy atom. The molecule has 3 aromatic rings. The third-order valence-corrected chi connectivity index (χ3v) is 6.72. The van der Waals surface area contributed by atoms with Gasteiger partial charge in [-0.1, -0.05) is 41.9 Å². The molecular weight excluding hydrogens is 480 g/mol. The second-order valence-electron chi connectivity index (χ2n) is 7.25. The second kappa shape index (κ2) is 11.2. The molecule has 1 atom stereocenters. The van der Waals surface area contributed by atoms with Crippen molar-refractivity contribution in [2.45, 2.75) is 17.9 Å². The van der Waals surface area contributed by atoms with E-state index in [-0.39, 0.29) is 22.3 Å². The zero-order chi connectivity index (χ0) is 24.7. The normalized spacial score (nSPS) is 12.0. The summed E-state index contributed by atoms with van der Waals surface area (Å²) in [5.41, 5.74) is 1.25. The number of hydrogen-bond acceptors (Lipinski definition) is 6. The first kappa shape index (κ1) is 25.4. The summed E-state index contributed by atoms with van der Waals surface area (Å²) in [5.74, 6) is 0.716. The maximum Gasteiger partial charge on any atom is 0.262 e. The molecule has 0 heterocycles. The highest BCUT2D eigenvalue weighted by molar-refractivity contribution is 7.89. The van der Waals surface area contributed by atoms with Gasteiger partial charge < -0.3 is 19.5 Å². The summed E-state index contributed by atoms with van der Waals surface area (Å²) >= 11 is 6.23. The number of methoxy groups -OCH3 is 2. The highest BCUT2D eigenvalue weighted by Crippen LogP contribution is 2.30. The second-order valence-corrected chi connectivity index (χ2v) is 9.37. The van der Waals surface area contributed by atoms with Gasteiger partial charge in [-0.05, 0) is 42.8 Å². The van der Waals surface area contributed by atoms with Gasteiger partial charge in [-0.2, -0.15) is 0 Å². The van der Waals surface area contributed by atoms with Crippen molar-refractivity contribution in [3.8, 4) is 17.2 Å². The molecule has 34 heavy (non-hydrogen) atoms. The van der Waals surface area contributed by atoms with Crippen molar-refractivity contribution in [3.05, 3.63) is 77.3 Å². The minimum atomic E-state index is -3.83. The van der Waals surface area contributed by atoms with Gasteiger partial charge in [-0.3, -0.25) is 4.79 Å². The van der Waals surface area contributed by atoms with Crippen molar-refractivity contribution in [3.63, 3.8) is 0 Å². The summed E-state index contributed by atoms with van der Waals surface area (Å²) in [5, 5.41) is 2.74. The SMILES string of the molecule is COc1ccc(OC)c(NC(=O)COc2ccc(S(=O)(=O)N[C@@H](C)c3ccccc3)cc2Cl)c1. The van der Waals surface area contributed by atoms with Crippen molar-refractivity contribution in [1.82, 2.24) is 4.72 Å². The highest BCUT2D eigenvalue weighted by atomic mass is 35.5. The predicted octanol–water partition coefficient (Wildman–Crippen LogP) is 4.41. The van der Waals surface area contributed by atoms with Gasteiger partial charge in [0.05, 0.1) is 29.8 Å². The van der Waals surface area contributed by atoms with Gasteiger partial charge in [-0.25, -0.2) is 13.1 Å². The summed E-state index contributed by atoms with van der Waals surface area (Å²) in [6.45, 7) is 1.40. The van der Waals surface area contributed by atoms with Gasteiger partial charge in [0.1, 0.15) is 17.2 Å². The molecule has 0 aliphatic carbocycles. The lowest BCUT2D eigenvalue weighted by molar-refractivity contribution is -0.118. The third-order valence-electron chi connectivity index (χ3n) is 4.88. The van der Waals surface area contributed by atoms with Gasteiger partial charge in [0, 0.05) is 12.1 Å². The van der Waals surface area contributed by atoms with E-state index in [9.17, 15) is 13.2 Å². The monoisotopic (exact) mass is 504 g/mol. The van der Waals surface area contributed by atoms with E-state index in [0.717, 1.165) is 5.56 Å². The van der Waals surface area contributed by atoms with E-state index in [4.69, 9.17) is 25.8 Å². The number of anilines is 1. The molecule has 0 aliphatic heterocycles. The molecule has 10 heteroatoms.